The smallest absolute Gasteiger partial charge is 0.267 e. The molecule has 1 heterocycles. The van der Waals surface area contributed by atoms with Crippen molar-refractivity contribution in [2.24, 2.45) is 0 Å². The van der Waals surface area contributed by atoms with Crippen molar-refractivity contribution in [3.8, 4) is 0 Å². The van der Waals surface area contributed by atoms with Gasteiger partial charge in [0.2, 0.25) is 0 Å². The molecule has 0 spiro atoms. The number of carbonyl (C=O) groups excluding carboxylic acids is 2. The van der Waals surface area contributed by atoms with E-state index in [2.05, 4.69) is 10.6 Å². The summed E-state index contributed by atoms with van der Waals surface area (Å²) in [6.45, 7) is 2.27. The van der Waals surface area contributed by atoms with E-state index >= 15 is 0 Å². The minimum atomic E-state index is -0.363. The van der Waals surface area contributed by atoms with Crippen LogP contribution in [0.2, 0.25) is 0 Å². The maximum atomic E-state index is 12.1. The largest absolute Gasteiger partial charge is 0.465 e. The molecular formula is C16H16N2O3. The highest BCUT2D eigenvalue weighted by atomic mass is 16.3. The third-order valence-corrected chi connectivity index (χ3v) is 2.70. The molecule has 5 heteroatoms. The Morgan fingerprint density at radius 3 is 2.52 bits per heavy atom. The molecule has 0 saturated heterocycles. The zero-order valence-electron chi connectivity index (χ0n) is 11.6. The Morgan fingerprint density at radius 2 is 1.90 bits per heavy atom. The standard InChI is InChI=1S/C16H16N2O3/c1-2-17-16(20)14(11-13-9-6-10-21-13)18-15(19)12-7-4-3-5-8-12/h3-11H,2H2,1H3,(H,17,20)(H,18,19)/b14-11-. The predicted octanol–water partition coefficient (Wildman–Crippen LogP) is 2.19. The quantitative estimate of drug-likeness (QED) is 0.827. The first kappa shape index (κ1) is 14.6. The van der Waals surface area contributed by atoms with Crippen molar-refractivity contribution in [2.75, 3.05) is 6.54 Å². The highest BCUT2D eigenvalue weighted by Gasteiger charge is 2.14. The molecule has 21 heavy (non-hydrogen) atoms. The molecule has 1 aromatic carbocycles. The average Bonchev–Trinajstić information content (AvgIpc) is 3.00. The Bertz CT molecular complexity index is 631. The number of rotatable bonds is 5. The molecule has 0 aliphatic carbocycles. The van der Waals surface area contributed by atoms with Crippen molar-refractivity contribution in [2.45, 2.75) is 6.92 Å². The van der Waals surface area contributed by atoms with Crippen molar-refractivity contribution < 1.29 is 14.0 Å². The molecule has 0 saturated carbocycles. The van der Waals surface area contributed by atoms with Crippen LogP contribution in [0, 0.1) is 0 Å². The lowest BCUT2D eigenvalue weighted by atomic mass is 10.2. The number of amides is 2. The van der Waals surface area contributed by atoms with Crippen LogP contribution >= 0.6 is 0 Å². The van der Waals surface area contributed by atoms with Crippen LogP contribution in [-0.2, 0) is 4.79 Å². The first-order valence-corrected chi connectivity index (χ1v) is 6.60. The van der Waals surface area contributed by atoms with Gasteiger partial charge in [-0.3, -0.25) is 9.59 Å². The summed E-state index contributed by atoms with van der Waals surface area (Å²) in [7, 11) is 0. The summed E-state index contributed by atoms with van der Waals surface area (Å²) < 4.78 is 5.17. The fourth-order valence-corrected chi connectivity index (χ4v) is 1.71. The molecule has 5 nitrogen and oxygen atoms in total. The number of benzene rings is 1. The van der Waals surface area contributed by atoms with Gasteiger partial charge in [0.25, 0.3) is 11.8 Å². The molecule has 2 rings (SSSR count). The summed E-state index contributed by atoms with van der Waals surface area (Å²) in [5.74, 6) is -0.220. The SMILES string of the molecule is CCNC(=O)/C(=C/c1ccco1)NC(=O)c1ccccc1. The van der Waals surface area contributed by atoms with Crippen LogP contribution in [0.4, 0.5) is 0 Å². The fourth-order valence-electron chi connectivity index (χ4n) is 1.71. The number of furan rings is 1. The summed E-state index contributed by atoms with van der Waals surface area (Å²) in [5.41, 5.74) is 0.618. The Kier molecular flexibility index (Phi) is 4.93. The van der Waals surface area contributed by atoms with Crippen molar-refractivity contribution in [3.63, 3.8) is 0 Å². The van der Waals surface area contributed by atoms with Crippen LogP contribution < -0.4 is 10.6 Å². The predicted molar refractivity (Wildman–Crippen MR) is 79.3 cm³/mol. The van der Waals surface area contributed by atoms with E-state index in [9.17, 15) is 9.59 Å². The lowest BCUT2D eigenvalue weighted by Gasteiger charge is -2.09. The van der Waals surface area contributed by atoms with E-state index in [1.807, 2.05) is 6.07 Å². The highest BCUT2D eigenvalue weighted by molar-refractivity contribution is 6.05. The third-order valence-electron chi connectivity index (χ3n) is 2.70. The zero-order chi connectivity index (χ0) is 15.1. The number of carbonyl (C=O) groups is 2. The third kappa shape index (κ3) is 4.07. The van der Waals surface area contributed by atoms with Crippen molar-refractivity contribution >= 4 is 17.9 Å². The molecule has 0 aliphatic rings. The summed E-state index contributed by atoms with van der Waals surface area (Å²) in [6.07, 6.45) is 2.99. The van der Waals surface area contributed by atoms with E-state index in [1.54, 1.807) is 43.3 Å². The summed E-state index contributed by atoms with van der Waals surface area (Å²) in [6, 6.07) is 12.1. The topological polar surface area (TPSA) is 71.3 Å². The van der Waals surface area contributed by atoms with E-state index in [0.29, 0.717) is 17.9 Å². The molecule has 2 aromatic rings. The molecule has 2 amide bonds. The molecule has 1 aromatic heterocycles. The van der Waals surface area contributed by atoms with Gasteiger partial charge < -0.3 is 15.1 Å². The van der Waals surface area contributed by atoms with Crippen LogP contribution in [0.15, 0.2) is 58.8 Å². The lowest BCUT2D eigenvalue weighted by molar-refractivity contribution is -0.117. The van der Waals surface area contributed by atoms with Crippen molar-refractivity contribution in [1.29, 1.82) is 0 Å². The van der Waals surface area contributed by atoms with Crippen LogP contribution in [-0.4, -0.2) is 18.4 Å². The lowest BCUT2D eigenvalue weighted by Crippen LogP contribution is -2.34. The summed E-state index contributed by atoms with van der Waals surface area (Å²) in [4.78, 5) is 24.1. The van der Waals surface area contributed by atoms with E-state index < -0.39 is 0 Å². The first-order valence-electron chi connectivity index (χ1n) is 6.60. The molecule has 2 N–H and O–H groups in total. The van der Waals surface area contributed by atoms with Gasteiger partial charge >= 0.3 is 0 Å². The van der Waals surface area contributed by atoms with Gasteiger partial charge in [-0.1, -0.05) is 18.2 Å². The monoisotopic (exact) mass is 284 g/mol. The first-order chi connectivity index (χ1) is 10.2. The number of hydrogen-bond acceptors (Lipinski definition) is 3. The highest BCUT2D eigenvalue weighted by Crippen LogP contribution is 2.07. The zero-order valence-corrected chi connectivity index (χ0v) is 11.6. The van der Waals surface area contributed by atoms with Crippen LogP contribution in [0.3, 0.4) is 0 Å². The minimum Gasteiger partial charge on any atom is -0.465 e. The Labute approximate surface area is 122 Å². The van der Waals surface area contributed by atoms with E-state index in [-0.39, 0.29) is 17.5 Å². The van der Waals surface area contributed by atoms with Gasteiger partial charge in [0.1, 0.15) is 11.5 Å². The molecule has 0 aliphatic heterocycles. The van der Waals surface area contributed by atoms with Crippen molar-refractivity contribution in [1.82, 2.24) is 10.6 Å². The molecule has 0 fully saturated rings. The maximum absolute atomic E-state index is 12.1. The Balaban J connectivity index is 2.20. The molecule has 0 bridgehead atoms. The second-order valence-corrected chi connectivity index (χ2v) is 4.25. The Morgan fingerprint density at radius 1 is 1.14 bits per heavy atom. The number of hydrogen-bond donors (Lipinski definition) is 2. The van der Waals surface area contributed by atoms with Gasteiger partial charge in [-0.2, -0.15) is 0 Å². The maximum Gasteiger partial charge on any atom is 0.267 e. The van der Waals surface area contributed by atoms with Crippen LogP contribution in [0.25, 0.3) is 6.08 Å². The second-order valence-electron chi connectivity index (χ2n) is 4.25. The van der Waals surface area contributed by atoms with Gasteiger partial charge in [-0.25, -0.2) is 0 Å². The second kappa shape index (κ2) is 7.09. The van der Waals surface area contributed by atoms with Gasteiger partial charge in [-0.05, 0) is 31.2 Å². The van der Waals surface area contributed by atoms with Gasteiger partial charge in [0, 0.05) is 18.2 Å². The molecule has 0 radical (unpaired) electrons. The number of likely N-dealkylation sites (N-methyl/N-ethyl adjacent to an activating group) is 1. The van der Waals surface area contributed by atoms with Crippen molar-refractivity contribution in [3.05, 3.63) is 65.7 Å². The van der Waals surface area contributed by atoms with E-state index in [0.717, 1.165) is 0 Å². The van der Waals surface area contributed by atoms with Gasteiger partial charge in [-0.15, -0.1) is 0 Å². The average molecular weight is 284 g/mol. The van der Waals surface area contributed by atoms with E-state index in [4.69, 9.17) is 4.42 Å². The fraction of sp³-hybridized carbons (Fsp3) is 0.125. The summed E-state index contributed by atoms with van der Waals surface area (Å²) >= 11 is 0. The number of nitrogens with one attached hydrogen (secondary N) is 2. The normalized spacial score (nSPS) is 11.0. The summed E-state index contributed by atoms with van der Waals surface area (Å²) in [5, 5.41) is 5.26. The minimum absolute atomic E-state index is 0.139. The molecule has 0 unspecified atom stereocenters. The van der Waals surface area contributed by atoms with Crippen LogP contribution in [0.5, 0.6) is 0 Å². The Hall–Kier alpha value is -2.82. The van der Waals surface area contributed by atoms with Gasteiger partial charge in [0.15, 0.2) is 0 Å². The van der Waals surface area contributed by atoms with Gasteiger partial charge in [0.05, 0.1) is 6.26 Å². The van der Waals surface area contributed by atoms with E-state index in [1.165, 1.54) is 12.3 Å². The molecule has 0 atom stereocenters. The molecule has 108 valence electrons. The van der Waals surface area contributed by atoms with Crippen LogP contribution in [0.1, 0.15) is 23.0 Å². The molecular weight excluding hydrogens is 268 g/mol.